The van der Waals surface area contributed by atoms with E-state index in [0.717, 1.165) is 39.5 Å². The third-order valence-electron chi connectivity index (χ3n) is 4.93. The maximum atomic E-state index is 4.94. The van der Waals surface area contributed by atoms with Gasteiger partial charge in [-0.3, -0.25) is 0 Å². The topological polar surface area (TPSA) is 24.9 Å². The molecule has 0 atom stereocenters. The number of ether oxygens (including phenoxy) is 2. The smallest absolute Gasteiger partial charge is 1.00 e. The first-order valence-corrected chi connectivity index (χ1v) is 14.1. The van der Waals surface area contributed by atoms with E-state index in [9.17, 15) is 0 Å². The third-order valence-corrected chi connectivity index (χ3v) is 8.48. The molecule has 7 heteroatoms. The molecule has 2 aliphatic rings. The van der Waals surface area contributed by atoms with Crippen molar-refractivity contribution in [2.24, 2.45) is 0 Å². The maximum Gasteiger partial charge on any atom is -1.00 e. The molecule has 33 heavy (non-hydrogen) atoms. The van der Waals surface area contributed by atoms with Crippen molar-refractivity contribution < 1.29 is 67.3 Å². The predicted octanol–water partition coefficient (Wildman–Crippen LogP) is 0.334. The normalized spacial score (nSPS) is 13.6. The van der Waals surface area contributed by atoms with Crippen molar-refractivity contribution in [1.29, 1.82) is 0 Å². The monoisotopic (exact) mass is 660 g/mol. The van der Waals surface area contributed by atoms with E-state index in [-0.39, 0.29) is 34.0 Å². The molecule has 2 aromatic carbocycles. The minimum atomic E-state index is -0.838. The Morgan fingerprint density at radius 2 is 0.939 bits per heavy atom. The zero-order valence-corrected chi connectivity index (χ0v) is 25.9. The van der Waals surface area contributed by atoms with Crippen LogP contribution in [0.5, 0.6) is 0 Å². The SMILES string of the molecule is C1CCOC1.C1CCOC1.CCC[N]([Zr+2][N](CCC)c1ccccc1)c1ccccc1.[Br-].[Br-]. The van der Waals surface area contributed by atoms with E-state index in [1.807, 2.05) is 0 Å². The summed E-state index contributed by atoms with van der Waals surface area (Å²) in [4.78, 5) is 0. The summed E-state index contributed by atoms with van der Waals surface area (Å²) in [6, 6.07) is 21.7. The molecule has 4 nitrogen and oxygen atoms in total. The minimum Gasteiger partial charge on any atom is -1.00 e. The minimum absolute atomic E-state index is 0. The number of anilines is 2. The van der Waals surface area contributed by atoms with Gasteiger partial charge in [0.15, 0.2) is 0 Å². The van der Waals surface area contributed by atoms with Gasteiger partial charge in [0.05, 0.1) is 0 Å². The average molecular weight is 664 g/mol. The summed E-state index contributed by atoms with van der Waals surface area (Å²) >= 11 is -0.838. The molecule has 0 aromatic heterocycles. The molecule has 0 amide bonds. The standard InChI is InChI=1S/2C9H12N.2C4H8O.2BrH.Zr/c2*1-2-8-10-9-6-4-3-5-7-9;2*1-2-4-5-3-1;;;/h2*3-7H,2,8H2,1H3;2*1-4H2;2*1H;/q2*-1;;;;;+4/p-2. The molecule has 184 valence electrons. The van der Waals surface area contributed by atoms with E-state index < -0.39 is 23.8 Å². The van der Waals surface area contributed by atoms with Gasteiger partial charge in [0, 0.05) is 26.4 Å². The Kier molecular flexibility index (Phi) is 22.1. The van der Waals surface area contributed by atoms with Gasteiger partial charge in [0.2, 0.25) is 0 Å². The molecule has 2 saturated heterocycles. The Morgan fingerprint density at radius 3 is 1.18 bits per heavy atom. The first-order valence-electron chi connectivity index (χ1n) is 11.9. The molecular weight excluding hydrogens is 623 g/mol. The summed E-state index contributed by atoms with van der Waals surface area (Å²) in [6.45, 7) is 10.8. The number of hydrogen-bond donors (Lipinski definition) is 0. The van der Waals surface area contributed by atoms with Crippen LogP contribution in [0, 0.1) is 0 Å². The number of benzene rings is 2. The van der Waals surface area contributed by atoms with Crippen LogP contribution < -0.4 is 39.7 Å². The number of hydrogen-bond acceptors (Lipinski definition) is 4. The molecule has 2 heterocycles. The number of nitrogens with zero attached hydrogens (tertiary/aromatic N) is 2. The average Bonchev–Trinajstić information content (AvgIpc) is 3.59. The molecule has 0 bridgehead atoms. The fraction of sp³-hybridized carbons (Fsp3) is 0.538. The molecule has 2 fully saturated rings. The van der Waals surface area contributed by atoms with Gasteiger partial charge < -0.3 is 43.4 Å². The van der Waals surface area contributed by atoms with Crippen LogP contribution in [0.2, 0.25) is 0 Å². The molecule has 4 rings (SSSR count). The molecule has 2 aliphatic heterocycles. The first-order chi connectivity index (χ1) is 15.3. The summed E-state index contributed by atoms with van der Waals surface area (Å²) in [5.41, 5.74) is 2.76. The Balaban J connectivity index is 0.000000701. The Bertz CT molecular complexity index is 587. The van der Waals surface area contributed by atoms with Crippen LogP contribution in [0.1, 0.15) is 52.4 Å². The zero-order valence-electron chi connectivity index (χ0n) is 20.2. The Hall–Kier alpha value is -0.197. The molecule has 2 aromatic rings. The van der Waals surface area contributed by atoms with Gasteiger partial charge in [0.1, 0.15) is 0 Å². The van der Waals surface area contributed by atoms with Crippen molar-refractivity contribution >= 4 is 11.4 Å². The van der Waals surface area contributed by atoms with Crippen molar-refractivity contribution in [2.75, 3.05) is 45.2 Å². The largest absolute Gasteiger partial charge is 1.00 e. The van der Waals surface area contributed by atoms with Crippen molar-refractivity contribution in [1.82, 2.24) is 0 Å². The van der Waals surface area contributed by atoms with Crippen LogP contribution in [-0.4, -0.2) is 39.5 Å². The van der Waals surface area contributed by atoms with Crippen LogP contribution in [0.25, 0.3) is 0 Å². The molecule has 0 saturated carbocycles. The van der Waals surface area contributed by atoms with Gasteiger partial charge in [-0.1, -0.05) is 0 Å². The quantitative estimate of drug-likeness (QED) is 0.407. The van der Waals surface area contributed by atoms with Gasteiger partial charge in [-0.05, 0) is 25.7 Å². The number of halogens is 2. The first kappa shape index (κ1) is 32.8. The number of para-hydroxylation sites is 2. The van der Waals surface area contributed by atoms with Crippen LogP contribution in [0.3, 0.4) is 0 Å². The van der Waals surface area contributed by atoms with Crippen molar-refractivity contribution in [3.05, 3.63) is 60.7 Å². The zero-order chi connectivity index (χ0) is 22.0. The molecule has 0 aliphatic carbocycles. The van der Waals surface area contributed by atoms with E-state index in [1.54, 1.807) is 0 Å². The Morgan fingerprint density at radius 1 is 0.606 bits per heavy atom. The van der Waals surface area contributed by atoms with Crippen LogP contribution >= 0.6 is 0 Å². The summed E-state index contributed by atoms with van der Waals surface area (Å²) in [7, 11) is 0. The Labute approximate surface area is 235 Å². The fourth-order valence-electron chi connectivity index (χ4n) is 3.30. The van der Waals surface area contributed by atoms with Crippen LogP contribution in [0.15, 0.2) is 60.7 Å². The molecule has 0 N–H and O–H groups in total. The second-order valence-electron chi connectivity index (χ2n) is 7.71. The number of rotatable bonds is 8. The van der Waals surface area contributed by atoms with Gasteiger partial charge in [-0.15, -0.1) is 0 Å². The predicted molar refractivity (Wildman–Crippen MR) is 128 cm³/mol. The third kappa shape index (κ3) is 14.7. The van der Waals surface area contributed by atoms with Crippen molar-refractivity contribution in [3.63, 3.8) is 0 Å². The molecule has 0 spiro atoms. The van der Waals surface area contributed by atoms with Crippen molar-refractivity contribution in [3.8, 4) is 0 Å². The van der Waals surface area contributed by atoms with Gasteiger partial charge in [-0.25, -0.2) is 0 Å². The second kappa shape index (κ2) is 22.3. The van der Waals surface area contributed by atoms with Crippen LogP contribution in [0.4, 0.5) is 11.4 Å². The molecule has 0 radical (unpaired) electrons. The van der Waals surface area contributed by atoms with E-state index in [4.69, 9.17) is 9.47 Å². The van der Waals surface area contributed by atoms with E-state index in [1.165, 1.54) is 49.9 Å². The van der Waals surface area contributed by atoms with Gasteiger partial charge >= 0.3 is 141 Å². The maximum absolute atomic E-state index is 4.94. The molecular formula is C26H40Br2N2O2Zr. The van der Waals surface area contributed by atoms with E-state index >= 15 is 0 Å². The summed E-state index contributed by atoms with van der Waals surface area (Å²) < 4.78 is 15.2. The van der Waals surface area contributed by atoms with Crippen LogP contribution in [-0.2, 0) is 33.3 Å². The molecule has 0 unspecified atom stereocenters. The summed E-state index contributed by atoms with van der Waals surface area (Å²) in [5, 5.41) is 0. The van der Waals surface area contributed by atoms with E-state index in [2.05, 4.69) is 80.2 Å². The van der Waals surface area contributed by atoms with Gasteiger partial charge in [-0.2, -0.15) is 0 Å². The summed E-state index contributed by atoms with van der Waals surface area (Å²) in [6.07, 6.45) is 7.51. The summed E-state index contributed by atoms with van der Waals surface area (Å²) in [5.74, 6) is 0. The second-order valence-corrected chi connectivity index (χ2v) is 10.9. The van der Waals surface area contributed by atoms with Crippen molar-refractivity contribution in [2.45, 2.75) is 52.4 Å². The van der Waals surface area contributed by atoms with Gasteiger partial charge in [0.25, 0.3) is 0 Å². The fourth-order valence-corrected chi connectivity index (χ4v) is 6.91. The van der Waals surface area contributed by atoms with E-state index in [0.29, 0.717) is 0 Å².